The lowest BCUT2D eigenvalue weighted by Gasteiger charge is -2.28. The summed E-state index contributed by atoms with van der Waals surface area (Å²) in [7, 11) is 0. The van der Waals surface area contributed by atoms with Crippen LogP contribution in [0.1, 0.15) is 19.3 Å². The highest BCUT2D eigenvalue weighted by Gasteiger charge is 2.51. The van der Waals surface area contributed by atoms with Crippen LogP contribution in [0.15, 0.2) is 0 Å². The van der Waals surface area contributed by atoms with E-state index in [1.54, 1.807) is 0 Å². The van der Waals surface area contributed by atoms with E-state index in [2.05, 4.69) is 5.32 Å². The smallest absolute Gasteiger partial charge is 0.315 e. The molecule has 2 bridgehead atoms. The van der Waals surface area contributed by atoms with Gasteiger partial charge in [0.05, 0.1) is 5.92 Å². The minimum atomic E-state index is -3.08. The van der Waals surface area contributed by atoms with Crippen LogP contribution in [-0.2, 0) is 9.59 Å². The average Bonchev–Trinajstić information content (AvgIpc) is 2.76. The molecule has 0 radical (unpaired) electrons. The number of fused-ring (bicyclic) bond motifs is 2. The van der Waals surface area contributed by atoms with Crippen molar-refractivity contribution >= 4 is 11.9 Å². The second-order valence-corrected chi connectivity index (χ2v) is 4.53. The summed E-state index contributed by atoms with van der Waals surface area (Å²) in [5, 5.41) is 11.2. The standard InChI is InChI=1S/C10H13F2NO3/c11-8(12)9(14)13-7-5-2-1-4(3-5)6(7)10(15)16/h4-8H,1-3H2,(H,13,14)(H,15,16). The van der Waals surface area contributed by atoms with Crippen LogP contribution in [-0.4, -0.2) is 29.5 Å². The van der Waals surface area contributed by atoms with E-state index in [4.69, 9.17) is 5.11 Å². The maximum atomic E-state index is 12.1. The van der Waals surface area contributed by atoms with Crippen LogP contribution in [0.25, 0.3) is 0 Å². The number of alkyl halides is 2. The topological polar surface area (TPSA) is 66.4 Å². The lowest BCUT2D eigenvalue weighted by atomic mass is 9.84. The molecule has 2 fully saturated rings. The lowest BCUT2D eigenvalue weighted by molar-refractivity contribution is -0.145. The summed E-state index contributed by atoms with van der Waals surface area (Å²) >= 11 is 0. The molecule has 90 valence electrons. The number of carbonyl (C=O) groups excluding carboxylic acids is 1. The molecule has 4 atom stereocenters. The Balaban J connectivity index is 2.07. The van der Waals surface area contributed by atoms with Crippen LogP contribution in [0.2, 0.25) is 0 Å². The van der Waals surface area contributed by atoms with Crippen LogP contribution >= 0.6 is 0 Å². The van der Waals surface area contributed by atoms with Gasteiger partial charge in [0.2, 0.25) is 0 Å². The Kier molecular flexibility index (Phi) is 2.82. The molecule has 0 aromatic heterocycles. The minimum absolute atomic E-state index is 0.0328. The first-order valence-corrected chi connectivity index (χ1v) is 5.32. The van der Waals surface area contributed by atoms with Crippen molar-refractivity contribution in [1.29, 1.82) is 0 Å². The van der Waals surface area contributed by atoms with E-state index < -0.39 is 30.3 Å². The van der Waals surface area contributed by atoms with Gasteiger partial charge in [-0.2, -0.15) is 8.78 Å². The molecule has 0 aliphatic heterocycles. The van der Waals surface area contributed by atoms with Crippen LogP contribution in [0.4, 0.5) is 8.78 Å². The number of halogens is 2. The molecular formula is C10H13F2NO3. The van der Waals surface area contributed by atoms with E-state index in [0.29, 0.717) is 0 Å². The van der Waals surface area contributed by atoms with Gasteiger partial charge in [0, 0.05) is 6.04 Å². The van der Waals surface area contributed by atoms with E-state index in [0.717, 1.165) is 19.3 Å². The first-order chi connectivity index (χ1) is 7.50. The molecule has 0 saturated heterocycles. The van der Waals surface area contributed by atoms with Gasteiger partial charge < -0.3 is 10.4 Å². The first-order valence-electron chi connectivity index (χ1n) is 5.32. The number of carboxylic acids is 1. The number of rotatable bonds is 3. The Morgan fingerprint density at radius 3 is 2.44 bits per heavy atom. The van der Waals surface area contributed by atoms with E-state index in [-0.39, 0.29) is 11.8 Å². The molecule has 16 heavy (non-hydrogen) atoms. The quantitative estimate of drug-likeness (QED) is 0.760. The van der Waals surface area contributed by atoms with Gasteiger partial charge in [-0.3, -0.25) is 9.59 Å². The number of carboxylic acid groups (broad SMARTS) is 1. The van der Waals surface area contributed by atoms with Crippen molar-refractivity contribution in [1.82, 2.24) is 5.32 Å². The Bertz CT molecular complexity index is 321. The van der Waals surface area contributed by atoms with Crippen molar-refractivity contribution < 1.29 is 23.5 Å². The summed E-state index contributed by atoms with van der Waals surface area (Å²) in [5.74, 6) is -2.96. The number of carbonyl (C=O) groups is 2. The van der Waals surface area contributed by atoms with E-state index in [9.17, 15) is 18.4 Å². The van der Waals surface area contributed by atoms with E-state index in [1.807, 2.05) is 0 Å². The van der Waals surface area contributed by atoms with Gasteiger partial charge >= 0.3 is 12.4 Å². The van der Waals surface area contributed by atoms with Gasteiger partial charge in [-0.25, -0.2) is 0 Å². The molecular weight excluding hydrogens is 220 g/mol. The molecule has 0 heterocycles. The lowest BCUT2D eigenvalue weighted by Crippen LogP contribution is -2.48. The van der Waals surface area contributed by atoms with Gasteiger partial charge in [-0.1, -0.05) is 0 Å². The highest BCUT2D eigenvalue weighted by atomic mass is 19.3. The SMILES string of the molecule is O=C(NC1C2CCC(C2)C1C(=O)O)C(F)F. The summed E-state index contributed by atoms with van der Waals surface area (Å²) in [5.41, 5.74) is 0. The molecule has 2 N–H and O–H groups in total. The summed E-state index contributed by atoms with van der Waals surface area (Å²) in [4.78, 5) is 21.9. The normalized spacial score (nSPS) is 36.7. The van der Waals surface area contributed by atoms with Crippen LogP contribution < -0.4 is 5.32 Å². The zero-order chi connectivity index (χ0) is 11.9. The van der Waals surface area contributed by atoms with Crippen LogP contribution in [0.5, 0.6) is 0 Å². The Morgan fingerprint density at radius 1 is 1.25 bits per heavy atom. The largest absolute Gasteiger partial charge is 0.481 e. The molecule has 1 amide bonds. The van der Waals surface area contributed by atoms with Gasteiger partial charge in [-0.05, 0) is 31.1 Å². The van der Waals surface area contributed by atoms with Crippen molar-refractivity contribution in [2.75, 3.05) is 0 Å². The minimum Gasteiger partial charge on any atom is -0.481 e. The maximum Gasteiger partial charge on any atom is 0.315 e. The predicted octanol–water partition coefficient (Wildman–Crippen LogP) is 0.867. The summed E-state index contributed by atoms with van der Waals surface area (Å²) in [6, 6.07) is -0.613. The first kappa shape index (κ1) is 11.3. The third kappa shape index (κ3) is 1.76. The third-order valence-electron chi connectivity index (χ3n) is 3.71. The highest BCUT2D eigenvalue weighted by Crippen LogP contribution is 2.48. The molecule has 2 aliphatic carbocycles. The maximum absolute atomic E-state index is 12.1. The predicted molar refractivity (Wildman–Crippen MR) is 49.9 cm³/mol. The molecule has 2 rings (SSSR count). The zero-order valence-corrected chi connectivity index (χ0v) is 8.53. The molecule has 0 aromatic rings. The van der Waals surface area contributed by atoms with Crippen LogP contribution in [0, 0.1) is 17.8 Å². The molecule has 2 aliphatic rings. The number of hydrogen-bond acceptors (Lipinski definition) is 2. The van der Waals surface area contributed by atoms with Gasteiger partial charge in [-0.15, -0.1) is 0 Å². The van der Waals surface area contributed by atoms with Crippen molar-refractivity contribution in [3.05, 3.63) is 0 Å². The molecule has 6 heteroatoms. The summed E-state index contributed by atoms with van der Waals surface area (Å²) < 4.78 is 24.2. The fourth-order valence-corrected chi connectivity index (χ4v) is 3.08. The summed E-state index contributed by atoms with van der Waals surface area (Å²) in [6.07, 6.45) is -0.704. The number of amides is 1. The summed E-state index contributed by atoms with van der Waals surface area (Å²) in [6.45, 7) is 0. The monoisotopic (exact) mass is 233 g/mol. The van der Waals surface area contributed by atoms with Crippen molar-refractivity contribution in [2.24, 2.45) is 17.8 Å². The van der Waals surface area contributed by atoms with E-state index >= 15 is 0 Å². The van der Waals surface area contributed by atoms with Crippen molar-refractivity contribution in [3.63, 3.8) is 0 Å². The van der Waals surface area contributed by atoms with Crippen molar-refractivity contribution in [2.45, 2.75) is 31.7 Å². The molecule has 0 aromatic carbocycles. The molecule has 4 nitrogen and oxygen atoms in total. The Morgan fingerprint density at radius 2 is 1.88 bits per heavy atom. The zero-order valence-electron chi connectivity index (χ0n) is 8.53. The number of aliphatic carboxylic acids is 1. The highest BCUT2D eigenvalue weighted by molar-refractivity contribution is 5.81. The van der Waals surface area contributed by atoms with Gasteiger partial charge in [0.15, 0.2) is 0 Å². The molecule has 2 saturated carbocycles. The van der Waals surface area contributed by atoms with E-state index in [1.165, 1.54) is 0 Å². The van der Waals surface area contributed by atoms with Gasteiger partial charge in [0.25, 0.3) is 5.91 Å². The van der Waals surface area contributed by atoms with Crippen molar-refractivity contribution in [3.8, 4) is 0 Å². The fourth-order valence-electron chi connectivity index (χ4n) is 3.08. The number of nitrogens with one attached hydrogen (secondary N) is 1. The Labute approximate surface area is 91.0 Å². The molecule has 4 unspecified atom stereocenters. The average molecular weight is 233 g/mol. The second-order valence-electron chi connectivity index (χ2n) is 4.53. The molecule has 0 spiro atoms. The van der Waals surface area contributed by atoms with Gasteiger partial charge in [0.1, 0.15) is 0 Å². The van der Waals surface area contributed by atoms with Crippen LogP contribution in [0.3, 0.4) is 0 Å². The fraction of sp³-hybridized carbons (Fsp3) is 0.800. The third-order valence-corrected chi connectivity index (χ3v) is 3.71. The number of hydrogen-bond donors (Lipinski definition) is 2. The second kappa shape index (κ2) is 3.99. The Hall–Kier alpha value is -1.20.